The van der Waals surface area contributed by atoms with Gasteiger partial charge in [0.1, 0.15) is 0 Å². The number of nitrogens with zero attached hydrogens (tertiary/aromatic N) is 1. The highest BCUT2D eigenvalue weighted by Gasteiger charge is 2.21. The normalized spacial score (nSPS) is 13.7. The van der Waals surface area contributed by atoms with Crippen molar-refractivity contribution in [3.8, 4) is 0 Å². The maximum absolute atomic E-state index is 11.2. The zero-order valence-corrected chi connectivity index (χ0v) is 13.2. The summed E-state index contributed by atoms with van der Waals surface area (Å²) in [6, 6.07) is 0. The standard InChI is InChI=1S/C15H27N3O2/c1-10(2)6-11(14(19)20)7-16-8-12-9-17-18-13(12)15(3,4)5/h9-11,16H,6-8H2,1-5H3,(H,17,18)(H,19,20). The molecule has 0 amide bonds. The highest BCUT2D eigenvalue weighted by atomic mass is 16.4. The Morgan fingerprint density at radius 3 is 2.60 bits per heavy atom. The molecule has 0 spiro atoms. The third-order valence-corrected chi connectivity index (χ3v) is 3.28. The van der Waals surface area contributed by atoms with Crippen molar-refractivity contribution in [2.24, 2.45) is 11.8 Å². The summed E-state index contributed by atoms with van der Waals surface area (Å²) < 4.78 is 0. The molecule has 0 saturated heterocycles. The Morgan fingerprint density at radius 2 is 2.10 bits per heavy atom. The van der Waals surface area contributed by atoms with Crippen molar-refractivity contribution in [2.45, 2.75) is 53.0 Å². The Bertz CT molecular complexity index is 433. The van der Waals surface area contributed by atoms with Crippen LogP contribution in [0, 0.1) is 11.8 Å². The topological polar surface area (TPSA) is 78.0 Å². The van der Waals surface area contributed by atoms with Gasteiger partial charge < -0.3 is 10.4 Å². The Kier molecular flexibility index (Phi) is 5.74. The molecule has 0 fully saturated rings. The highest BCUT2D eigenvalue weighted by molar-refractivity contribution is 5.70. The molecule has 1 aromatic heterocycles. The van der Waals surface area contributed by atoms with Gasteiger partial charge >= 0.3 is 5.97 Å². The molecule has 1 aromatic rings. The molecule has 0 aliphatic heterocycles. The number of H-pyrrole nitrogens is 1. The molecule has 5 nitrogen and oxygen atoms in total. The molecule has 114 valence electrons. The Labute approximate surface area is 121 Å². The van der Waals surface area contributed by atoms with Gasteiger partial charge in [0.2, 0.25) is 0 Å². The van der Waals surface area contributed by atoms with E-state index in [0.29, 0.717) is 25.4 Å². The number of aliphatic carboxylic acids is 1. The van der Waals surface area contributed by atoms with Gasteiger partial charge in [0.15, 0.2) is 0 Å². The lowest BCUT2D eigenvalue weighted by Crippen LogP contribution is -2.30. The van der Waals surface area contributed by atoms with Gasteiger partial charge in [-0.25, -0.2) is 0 Å². The average Bonchev–Trinajstić information content (AvgIpc) is 2.75. The van der Waals surface area contributed by atoms with Crippen molar-refractivity contribution in [3.63, 3.8) is 0 Å². The third-order valence-electron chi connectivity index (χ3n) is 3.28. The van der Waals surface area contributed by atoms with Crippen LogP contribution in [0.15, 0.2) is 6.20 Å². The Balaban J connectivity index is 2.55. The number of aromatic nitrogens is 2. The number of nitrogens with one attached hydrogen (secondary N) is 2. The van der Waals surface area contributed by atoms with E-state index in [1.165, 1.54) is 0 Å². The summed E-state index contributed by atoms with van der Waals surface area (Å²) in [6.45, 7) is 11.6. The molecule has 3 N–H and O–H groups in total. The van der Waals surface area contributed by atoms with Gasteiger partial charge in [-0.05, 0) is 12.3 Å². The smallest absolute Gasteiger partial charge is 0.307 e. The second-order valence-electron chi connectivity index (χ2n) is 6.82. The summed E-state index contributed by atoms with van der Waals surface area (Å²) >= 11 is 0. The van der Waals surface area contributed by atoms with Crippen LogP contribution in [-0.2, 0) is 16.8 Å². The van der Waals surface area contributed by atoms with E-state index < -0.39 is 5.97 Å². The first-order valence-electron chi connectivity index (χ1n) is 7.18. The van der Waals surface area contributed by atoms with Crippen molar-refractivity contribution in [3.05, 3.63) is 17.5 Å². The number of carboxylic acids is 1. The van der Waals surface area contributed by atoms with E-state index in [-0.39, 0.29) is 11.3 Å². The number of rotatable bonds is 7. The largest absolute Gasteiger partial charge is 0.481 e. The van der Waals surface area contributed by atoms with Crippen LogP contribution in [0.25, 0.3) is 0 Å². The first-order valence-corrected chi connectivity index (χ1v) is 7.18. The van der Waals surface area contributed by atoms with Gasteiger partial charge in [-0.1, -0.05) is 34.6 Å². The first kappa shape index (κ1) is 16.7. The molecule has 1 heterocycles. The zero-order chi connectivity index (χ0) is 15.3. The third kappa shape index (κ3) is 4.96. The summed E-state index contributed by atoms with van der Waals surface area (Å²) in [4.78, 5) is 11.2. The molecule has 0 aliphatic carbocycles. The first-order chi connectivity index (χ1) is 9.21. The lowest BCUT2D eigenvalue weighted by molar-refractivity contribution is -0.142. The fraction of sp³-hybridized carbons (Fsp3) is 0.733. The van der Waals surface area contributed by atoms with Gasteiger partial charge in [0.05, 0.1) is 12.1 Å². The van der Waals surface area contributed by atoms with Crippen LogP contribution >= 0.6 is 0 Å². The quantitative estimate of drug-likeness (QED) is 0.717. The van der Waals surface area contributed by atoms with E-state index in [2.05, 4.69) is 36.3 Å². The van der Waals surface area contributed by atoms with Crippen LogP contribution in [0.2, 0.25) is 0 Å². The molecular weight excluding hydrogens is 254 g/mol. The molecule has 1 unspecified atom stereocenters. The van der Waals surface area contributed by atoms with E-state index >= 15 is 0 Å². The monoisotopic (exact) mass is 281 g/mol. The molecule has 20 heavy (non-hydrogen) atoms. The molecule has 0 aromatic carbocycles. The summed E-state index contributed by atoms with van der Waals surface area (Å²) in [6.07, 6.45) is 2.51. The second-order valence-corrected chi connectivity index (χ2v) is 6.82. The van der Waals surface area contributed by atoms with Crippen LogP contribution in [0.3, 0.4) is 0 Å². The fourth-order valence-electron chi connectivity index (χ4n) is 2.32. The van der Waals surface area contributed by atoms with E-state index in [1.807, 2.05) is 20.0 Å². The van der Waals surface area contributed by atoms with Crippen LogP contribution in [0.1, 0.15) is 52.3 Å². The summed E-state index contributed by atoms with van der Waals surface area (Å²) in [5, 5.41) is 19.6. The SMILES string of the molecule is CC(C)CC(CNCc1cn[nH]c1C(C)(C)C)C(=O)O. The fourth-order valence-corrected chi connectivity index (χ4v) is 2.32. The minimum atomic E-state index is -0.727. The molecule has 1 rings (SSSR count). The van der Waals surface area contributed by atoms with Crippen molar-refractivity contribution < 1.29 is 9.90 Å². The minimum Gasteiger partial charge on any atom is -0.481 e. The van der Waals surface area contributed by atoms with Gasteiger partial charge in [-0.2, -0.15) is 5.10 Å². The molecule has 0 radical (unpaired) electrons. The van der Waals surface area contributed by atoms with Crippen LogP contribution in [0.5, 0.6) is 0 Å². The van der Waals surface area contributed by atoms with Crippen molar-refractivity contribution in [2.75, 3.05) is 6.54 Å². The summed E-state index contributed by atoms with van der Waals surface area (Å²) in [5.74, 6) is -0.675. The predicted molar refractivity (Wildman–Crippen MR) is 79.6 cm³/mol. The highest BCUT2D eigenvalue weighted by Crippen LogP contribution is 2.23. The number of aromatic amines is 1. The molecular formula is C15H27N3O2. The zero-order valence-electron chi connectivity index (χ0n) is 13.2. The van der Waals surface area contributed by atoms with Crippen LogP contribution < -0.4 is 5.32 Å². The molecule has 1 atom stereocenters. The summed E-state index contributed by atoms with van der Waals surface area (Å²) in [5.41, 5.74) is 2.21. The number of hydrogen-bond acceptors (Lipinski definition) is 3. The summed E-state index contributed by atoms with van der Waals surface area (Å²) in [7, 11) is 0. The van der Waals surface area contributed by atoms with Crippen LogP contribution in [0.4, 0.5) is 0 Å². The lowest BCUT2D eigenvalue weighted by atomic mass is 9.89. The van der Waals surface area contributed by atoms with Gasteiger partial charge in [-0.15, -0.1) is 0 Å². The van der Waals surface area contributed by atoms with Crippen molar-refractivity contribution >= 4 is 5.97 Å². The molecule has 0 aliphatic rings. The van der Waals surface area contributed by atoms with Gasteiger partial charge in [0, 0.05) is 29.8 Å². The van der Waals surface area contributed by atoms with E-state index in [1.54, 1.807) is 0 Å². The van der Waals surface area contributed by atoms with E-state index in [0.717, 1.165) is 11.3 Å². The second kappa shape index (κ2) is 6.88. The number of hydrogen-bond donors (Lipinski definition) is 3. The average molecular weight is 281 g/mol. The number of carboxylic acid groups (broad SMARTS) is 1. The molecule has 0 bridgehead atoms. The van der Waals surface area contributed by atoms with E-state index in [9.17, 15) is 9.90 Å². The predicted octanol–water partition coefficient (Wildman–Crippen LogP) is 2.54. The Morgan fingerprint density at radius 1 is 1.45 bits per heavy atom. The van der Waals surface area contributed by atoms with E-state index in [4.69, 9.17) is 0 Å². The van der Waals surface area contributed by atoms with Crippen molar-refractivity contribution in [1.82, 2.24) is 15.5 Å². The number of carbonyl (C=O) groups is 1. The van der Waals surface area contributed by atoms with Crippen LogP contribution in [-0.4, -0.2) is 27.8 Å². The molecule has 0 saturated carbocycles. The van der Waals surface area contributed by atoms with Gasteiger partial charge in [-0.3, -0.25) is 9.89 Å². The van der Waals surface area contributed by atoms with Gasteiger partial charge in [0.25, 0.3) is 0 Å². The van der Waals surface area contributed by atoms with Crippen molar-refractivity contribution in [1.29, 1.82) is 0 Å². The maximum atomic E-state index is 11.2. The lowest BCUT2D eigenvalue weighted by Gasteiger charge is -2.19. The molecule has 5 heteroatoms. The Hall–Kier alpha value is -1.36. The maximum Gasteiger partial charge on any atom is 0.307 e. The minimum absolute atomic E-state index is 0.0116.